The second kappa shape index (κ2) is 7.72. The molecule has 0 aliphatic heterocycles. The van der Waals surface area contributed by atoms with Crippen LogP contribution in [0.5, 0.6) is 0 Å². The number of aryl methyl sites for hydroxylation is 1. The maximum atomic E-state index is 12.7. The maximum Gasteiger partial charge on any atom is 0.433 e. The molecule has 0 fully saturated rings. The van der Waals surface area contributed by atoms with Crippen LogP contribution in [0, 0.1) is 6.92 Å². The molecule has 0 radical (unpaired) electrons. The maximum absolute atomic E-state index is 12.7. The van der Waals surface area contributed by atoms with Gasteiger partial charge in [-0.1, -0.05) is 30.3 Å². The van der Waals surface area contributed by atoms with Gasteiger partial charge in [0.1, 0.15) is 11.5 Å². The van der Waals surface area contributed by atoms with Crippen molar-refractivity contribution in [2.24, 2.45) is 0 Å². The van der Waals surface area contributed by atoms with Gasteiger partial charge in [-0.25, -0.2) is 9.97 Å². The monoisotopic (exact) mass is 335 g/mol. The lowest BCUT2D eigenvalue weighted by Crippen LogP contribution is -2.24. The third-order valence-electron chi connectivity index (χ3n) is 3.07. The molecule has 1 heterocycles. The van der Waals surface area contributed by atoms with Gasteiger partial charge in [0.25, 0.3) is 0 Å². The summed E-state index contributed by atoms with van der Waals surface area (Å²) in [5.74, 6) is -0.280. The van der Waals surface area contributed by atoms with Gasteiger partial charge in [-0.15, -0.1) is 0 Å². The van der Waals surface area contributed by atoms with E-state index in [1.165, 1.54) is 13.0 Å². The van der Waals surface area contributed by atoms with Crippen molar-refractivity contribution in [1.82, 2.24) is 15.3 Å². The van der Waals surface area contributed by atoms with Crippen LogP contribution in [-0.2, 0) is 17.4 Å². The number of halogens is 3. The Labute approximate surface area is 137 Å². The highest BCUT2D eigenvalue weighted by Crippen LogP contribution is 2.27. The molecule has 1 aromatic heterocycles. The van der Waals surface area contributed by atoms with Gasteiger partial charge < -0.3 is 5.32 Å². The third kappa shape index (κ3) is 5.49. The predicted molar refractivity (Wildman–Crippen MR) is 84.0 cm³/mol. The van der Waals surface area contributed by atoms with Gasteiger partial charge in [0.05, 0.1) is 0 Å². The number of amides is 1. The highest BCUT2D eigenvalue weighted by atomic mass is 19.4. The summed E-state index contributed by atoms with van der Waals surface area (Å²) in [5, 5.41) is 2.59. The molecule has 0 aliphatic carbocycles. The van der Waals surface area contributed by atoms with E-state index in [0.717, 1.165) is 11.6 Å². The van der Waals surface area contributed by atoms with E-state index in [2.05, 4.69) is 15.3 Å². The van der Waals surface area contributed by atoms with Crippen LogP contribution in [-0.4, -0.2) is 22.4 Å². The normalized spacial score (nSPS) is 11.7. The fourth-order valence-corrected chi connectivity index (χ4v) is 1.98. The van der Waals surface area contributed by atoms with Crippen molar-refractivity contribution in [2.45, 2.75) is 19.5 Å². The van der Waals surface area contributed by atoms with E-state index in [1.807, 2.05) is 30.3 Å². The summed E-state index contributed by atoms with van der Waals surface area (Å²) in [7, 11) is 0. The van der Waals surface area contributed by atoms with Crippen molar-refractivity contribution in [1.29, 1.82) is 0 Å². The van der Waals surface area contributed by atoms with E-state index in [0.29, 0.717) is 0 Å². The molecule has 7 heteroatoms. The summed E-state index contributed by atoms with van der Waals surface area (Å²) in [6.45, 7) is 1.63. The summed E-state index contributed by atoms with van der Waals surface area (Å²) < 4.78 is 38.1. The molecule has 2 aromatic rings. The number of carbonyl (C=O) groups is 1. The molecule has 0 unspecified atom stereocenters. The van der Waals surface area contributed by atoms with Crippen LogP contribution < -0.4 is 5.32 Å². The zero-order valence-electron chi connectivity index (χ0n) is 13.0. The Hall–Kier alpha value is -2.70. The van der Waals surface area contributed by atoms with E-state index >= 15 is 0 Å². The predicted octanol–water partition coefficient (Wildman–Crippen LogP) is 3.18. The van der Waals surface area contributed by atoms with Gasteiger partial charge in [-0.3, -0.25) is 4.79 Å². The van der Waals surface area contributed by atoms with E-state index < -0.39 is 11.9 Å². The van der Waals surface area contributed by atoms with Crippen molar-refractivity contribution in [2.75, 3.05) is 6.54 Å². The summed E-state index contributed by atoms with van der Waals surface area (Å²) >= 11 is 0. The number of carbonyl (C=O) groups excluding carboxylic acids is 1. The highest BCUT2D eigenvalue weighted by molar-refractivity contribution is 5.91. The van der Waals surface area contributed by atoms with E-state index in [4.69, 9.17) is 0 Å². The molecule has 2 rings (SSSR count). The summed E-state index contributed by atoms with van der Waals surface area (Å²) in [4.78, 5) is 19.1. The molecule has 0 aliphatic rings. The molecular formula is C17H16F3N3O. The van der Waals surface area contributed by atoms with Crippen LogP contribution in [0.4, 0.5) is 13.2 Å². The van der Waals surface area contributed by atoms with Crippen LogP contribution in [0.15, 0.2) is 42.5 Å². The highest BCUT2D eigenvalue weighted by Gasteiger charge is 2.33. The van der Waals surface area contributed by atoms with E-state index in [9.17, 15) is 18.0 Å². The van der Waals surface area contributed by atoms with E-state index in [1.54, 1.807) is 6.08 Å². The van der Waals surface area contributed by atoms with Gasteiger partial charge in [-0.05, 0) is 24.6 Å². The molecule has 0 bridgehead atoms. The molecular weight excluding hydrogens is 319 g/mol. The number of aromatic nitrogens is 2. The number of alkyl halides is 3. The molecule has 0 atom stereocenters. The number of benzene rings is 1. The average Bonchev–Trinajstić information content (AvgIpc) is 2.52. The smallest absolute Gasteiger partial charge is 0.352 e. The SMILES string of the molecule is Cc1cc(C(F)(F)F)nc(CCNC(=O)/C=C/c2ccccc2)n1. The van der Waals surface area contributed by atoms with Crippen molar-refractivity contribution >= 4 is 12.0 Å². The Kier molecular flexibility index (Phi) is 5.68. The van der Waals surface area contributed by atoms with E-state index in [-0.39, 0.29) is 30.4 Å². The lowest BCUT2D eigenvalue weighted by molar-refractivity contribution is -0.141. The van der Waals surface area contributed by atoms with Crippen molar-refractivity contribution in [3.8, 4) is 0 Å². The zero-order valence-corrected chi connectivity index (χ0v) is 13.0. The molecule has 126 valence electrons. The van der Waals surface area contributed by atoms with Crippen molar-refractivity contribution < 1.29 is 18.0 Å². The minimum Gasteiger partial charge on any atom is -0.352 e. The number of nitrogens with one attached hydrogen (secondary N) is 1. The quantitative estimate of drug-likeness (QED) is 0.854. The molecule has 1 aromatic carbocycles. The first kappa shape index (κ1) is 17.7. The first-order valence-corrected chi connectivity index (χ1v) is 7.27. The van der Waals surface area contributed by atoms with Crippen molar-refractivity contribution in [3.63, 3.8) is 0 Å². The van der Waals surface area contributed by atoms with Crippen LogP contribution in [0.25, 0.3) is 6.08 Å². The largest absolute Gasteiger partial charge is 0.433 e. The van der Waals surface area contributed by atoms with Crippen LogP contribution in [0.1, 0.15) is 22.8 Å². The molecule has 1 amide bonds. The van der Waals surface area contributed by atoms with Crippen LogP contribution >= 0.6 is 0 Å². The number of hydrogen-bond acceptors (Lipinski definition) is 3. The first-order valence-electron chi connectivity index (χ1n) is 7.27. The zero-order chi connectivity index (χ0) is 17.6. The second-order valence-electron chi connectivity index (χ2n) is 5.09. The average molecular weight is 335 g/mol. The number of hydrogen-bond donors (Lipinski definition) is 1. The fraction of sp³-hybridized carbons (Fsp3) is 0.235. The Balaban J connectivity index is 1.89. The fourth-order valence-electron chi connectivity index (χ4n) is 1.98. The standard InChI is InChI=1S/C17H16F3N3O/c1-12-11-14(17(18,19)20)23-15(22-12)9-10-21-16(24)8-7-13-5-3-2-4-6-13/h2-8,11H,9-10H2,1H3,(H,21,24)/b8-7+. The van der Waals surface area contributed by atoms with Crippen LogP contribution in [0.3, 0.4) is 0 Å². The van der Waals surface area contributed by atoms with Gasteiger partial charge >= 0.3 is 6.18 Å². The second-order valence-corrected chi connectivity index (χ2v) is 5.09. The van der Waals surface area contributed by atoms with Gasteiger partial charge in [0.15, 0.2) is 0 Å². The molecule has 0 spiro atoms. The van der Waals surface area contributed by atoms with Gasteiger partial charge in [0.2, 0.25) is 5.91 Å². The Bertz CT molecular complexity index is 728. The molecule has 24 heavy (non-hydrogen) atoms. The summed E-state index contributed by atoms with van der Waals surface area (Å²) in [6.07, 6.45) is -1.37. The van der Waals surface area contributed by atoms with Crippen molar-refractivity contribution in [3.05, 3.63) is 65.2 Å². The topological polar surface area (TPSA) is 54.9 Å². The number of rotatable bonds is 5. The lowest BCUT2D eigenvalue weighted by atomic mass is 10.2. The number of nitrogens with zero attached hydrogens (tertiary/aromatic N) is 2. The van der Waals surface area contributed by atoms with Gasteiger partial charge in [-0.2, -0.15) is 13.2 Å². The molecule has 0 saturated heterocycles. The summed E-state index contributed by atoms with van der Waals surface area (Å²) in [6, 6.07) is 10.2. The Morgan fingerprint density at radius 2 is 1.92 bits per heavy atom. The lowest BCUT2D eigenvalue weighted by Gasteiger charge is -2.09. The minimum absolute atomic E-state index is 0.0506. The molecule has 0 saturated carbocycles. The first-order chi connectivity index (χ1) is 11.3. The van der Waals surface area contributed by atoms with Gasteiger partial charge in [0, 0.05) is 24.7 Å². The van der Waals surface area contributed by atoms with Crippen LogP contribution in [0.2, 0.25) is 0 Å². The molecule has 4 nitrogen and oxygen atoms in total. The Morgan fingerprint density at radius 1 is 1.21 bits per heavy atom. The third-order valence-corrected chi connectivity index (χ3v) is 3.07. The summed E-state index contributed by atoms with van der Waals surface area (Å²) in [5.41, 5.74) is 0.146. The molecule has 1 N–H and O–H groups in total. The minimum atomic E-state index is -4.51. The Morgan fingerprint density at radius 3 is 2.58 bits per heavy atom.